The molecule has 0 saturated carbocycles. The molecule has 8 nitrogen and oxygen atoms in total. The van der Waals surface area contributed by atoms with Crippen LogP contribution in [0.3, 0.4) is 0 Å². The van der Waals surface area contributed by atoms with Gasteiger partial charge in [0.15, 0.2) is 17.3 Å². The molecule has 0 bridgehead atoms. The van der Waals surface area contributed by atoms with Crippen molar-refractivity contribution in [2.45, 2.75) is 0 Å². The summed E-state index contributed by atoms with van der Waals surface area (Å²) in [7, 11) is 0. The van der Waals surface area contributed by atoms with E-state index in [1.165, 1.54) is 0 Å². The van der Waals surface area contributed by atoms with Gasteiger partial charge in [-0.05, 0) is 34.6 Å². The molecule has 0 atom stereocenters. The van der Waals surface area contributed by atoms with Gasteiger partial charge in [0.1, 0.15) is 0 Å². The molecule has 0 unspecified atom stereocenters. The second-order valence-electron chi connectivity index (χ2n) is 7.02. The molecule has 1 amide bonds. The van der Waals surface area contributed by atoms with E-state index in [4.69, 9.17) is 15.3 Å². The predicted octanol–water partition coefficient (Wildman–Crippen LogP) is 4.42. The van der Waals surface area contributed by atoms with Gasteiger partial charge in [0.05, 0.1) is 17.1 Å². The van der Waals surface area contributed by atoms with Crippen molar-refractivity contribution in [2.75, 3.05) is 11.1 Å². The molecule has 8 heteroatoms. The fourth-order valence-corrected chi connectivity index (χ4v) is 3.40. The van der Waals surface area contributed by atoms with Gasteiger partial charge in [0.2, 0.25) is 0 Å². The van der Waals surface area contributed by atoms with E-state index in [9.17, 15) is 4.79 Å². The first-order valence-corrected chi connectivity index (χ1v) is 9.90. The van der Waals surface area contributed by atoms with Crippen molar-refractivity contribution in [3.8, 4) is 28.5 Å². The van der Waals surface area contributed by atoms with E-state index in [1.807, 2.05) is 83.6 Å². The molecular formula is C24H18N6O2. The number of imidazole rings is 1. The van der Waals surface area contributed by atoms with Crippen molar-refractivity contribution in [3.05, 3.63) is 96.7 Å². The Kier molecular flexibility index (Phi) is 4.93. The maximum Gasteiger partial charge on any atom is 0.255 e. The van der Waals surface area contributed by atoms with Crippen LogP contribution >= 0.6 is 0 Å². The zero-order valence-electron chi connectivity index (χ0n) is 16.8. The van der Waals surface area contributed by atoms with E-state index in [0.717, 1.165) is 5.56 Å². The summed E-state index contributed by atoms with van der Waals surface area (Å²) in [6.07, 6.45) is 1.87. The Morgan fingerprint density at radius 2 is 1.56 bits per heavy atom. The fraction of sp³-hybridized carbons (Fsp3) is 0. The molecule has 0 spiro atoms. The third kappa shape index (κ3) is 3.61. The maximum absolute atomic E-state index is 12.8. The molecule has 32 heavy (non-hydrogen) atoms. The maximum atomic E-state index is 12.8. The molecule has 0 saturated heterocycles. The van der Waals surface area contributed by atoms with Crippen molar-refractivity contribution in [2.24, 2.45) is 0 Å². The van der Waals surface area contributed by atoms with Crippen molar-refractivity contribution in [3.63, 3.8) is 0 Å². The lowest BCUT2D eigenvalue weighted by molar-refractivity contribution is 0.102. The smallest absolute Gasteiger partial charge is 0.255 e. The van der Waals surface area contributed by atoms with E-state index < -0.39 is 0 Å². The van der Waals surface area contributed by atoms with Gasteiger partial charge in [-0.2, -0.15) is 0 Å². The van der Waals surface area contributed by atoms with Crippen LogP contribution in [0, 0.1) is 0 Å². The van der Waals surface area contributed by atoms with Crippen LogP contribution < -0.4 is 11.1 Å². The predicted molar refractivity (Wildman–Crippen MR) is 121 cm³/mol. The number of anilines is 2. The number of nitrogen functional groups attached to an aromatic ring is 1. The first-order valence-electron chi connectivity index (χ1n) is 9.90. The minimum absolute atomic E-state index is 0.127. The summed E-state index contributed by atoms with van der Waals surface area (Å²) in [5.41, 5.74) is 9.79. The molecule has 0 aliphatic rings. The normalized spacial score (nSPS) is 10.8. The molecule has 5 rings (SSSR count). The van der Waals surface area contributed by atoms with E-state index in [0.29, 0.717) is 34.2 Å². The van der Waals surface area contributed by atoms with Gasteiger partial charge in [-0.1, -0.05) is 60.7 Å². The number of amides is 1. The highest BCUT2D eigenvalue weighted by Crippen LogP contribution is 2.32. The zero-order valence-corrected chi connectivity index (χ0v) is 16.8. The lowest BCUT2D eigenvalue weighted by Crippen LogP contribution is -2.14. The number of carbonyl (C=O) groups excluding carboxylic acids is 1. The number of hydrogen-bond donors (Lipinski definition) is 2. The first-order chi connectivity index (χ1) is 15.7. The second kappa shape index (κ2) is 8.19. The van der Waals surface area contributed by atoms with Gasteiger partial charge in [-0.3, -0.25) is 9.36 Å². The number of nitrogens with zero attached hydrogens (tertiary/aromatic N) is 4. The highest BCUT2D eigenvalue weighted by molar-refractivity contribution is 6.05. The molecule has 0 radical (unpaired) electrons. The fourth-order valence-electron chi connectivity index (χ4n) is 3.40. The zero-order chi connectivity index (χ0) is 21.9. The highest BCUT2D eigenvalue weighted by Gasteiger charge is 2.21. The van der Waals surface area contributed by atoms with Crippen LogP contribution in [0.25, 0.3) is 28.5 Å². The van der Waals surface area contributed by atoms with Gasteiger partial charge in [0.25, 0.3) is 5.91 Å². The van der Waals surface area contributed by atoms with Gasteiger partial charge in [0, 0.05) is 17.3 Å². The second-order valence-corrected chi connectivity index (χ2v) is 7.02. The standard InChI is InChI=1S/C24H18N6O2/c25-22-21(28-32-29-22)23-26-19(16-9-3-1-4-10-16)15-30(23)20-14-8-7-13-18(20)27-24(31)17-11-5-2-6-12-17/h1-15H,(H2,25,29)(H,27,31). The Balaban J connectivity index is 1.63. The molecule has 2 heterocycles. The number of nitrogens with two attached hydrogens (primary N) is 1. The molecule has 156 valence electrons. The molecule has 0 aliphatic heterocycles. The summed E-state index contributed by atoms with van der Waals surface area (Å²) in [5, 5.41) is 10.6. The van der Waals surface area contributed by atoms with Crippen molar-refractivity contribution in [1.82, 2.24) is 19.9 Å². The lowest BCUT2D eigenvalue weighted by atomic mass is 10.2. The van der Waals surface area contributed by atoms with Crippen LogP contribution in [0.15, 0.2) is 95.8 Å². The van der Waals surface area contributed by atoms with Gasteiger partial charge in [-0.15, -0.1) is 0 Å². The van der Waals surface area contributed by atoms with Crippen LogP contribution in [0.5, 0.6) is 0 Å². The van der Waals surface area contributed by atoms with Crippen LogP contribution in [-0.4, -0.2) is 25.8 Å². The quantitative estimate of drug-likeness (QED) is 0.433. The molecule has 2 aromatic heterocycles. The van der Waals surface area contributed by atoms with Gasteiger partial charge < -0.3 is 11.1 Å². The lowest BCUT2D eigenvalue weighted by Gasteiger charge is -2.13. The number of aromatic nitrogens is 4. The summed E-state index contributed by atoms with van der Waals surface area (Å²) in [6.45, 7) is 0. The Hall–Kier alpha value is -4.72. The monoisotopic (exact) mass is 422 g/mol. The highest BCUT2D eigenvalue weighted by atomic mass is 16.6. The molecular weight excluding hydrogens is 404 g/mol. The third-order valence-electron chi connectivity index (χ3n) is 4.95. The Bertz CT molecular complexity index is 1380. The van der Waals surface area contributed by atoms with Crippen LogP contribution in [0.4, 0.5) is 11.5 Å². The minimum atomic E-state index is -0.217. The summed E-state index contributed by atoms with van der Waals surface area (Å²) in [5.74, 6) is 0.358. The first kappa shape index (κ1) is 19.3. The van der Waals surface area contributed by atoms with Crippen LogP contribution in [0.1, 0.15) is 10.4 Å². The largest absolute Gasteiger partial charge is 0.379 e. The van der Waals surface area contributed by atoms with E-state index >= 15 is 0 Å². The molecule has 0 aliphatic carbocycles. The molecule has 5 aromatic rings. The molecule has 3 aromatic carbocycles. The van der Waals surface area contributed by atoms with E-state index in [2.05, 4.69) is 15.6 Å². The average Bonchev–Trinajstić information content (AvgIpc) is 3.46. The Morgan fingerprint density at radius 1 is 0.875 bits per heavy atom. The van der Waals surface area contributed by atoms with Crippen LogP contribution in [0.2, 0.25) is 0 Å². The number of nitrogens with one attached hydrogen (secondary N) is 1. The number of rotatable bonds is 5. The number of carbonyl (C=O) groups is 1. The third-order valence-corrected chi connectivity index (χ3v) is 4.95. The number of hydrogen-bond acceptors (Lipinski definition) is 6. The van der Waals surface area contributed by atoms with Crippen molar-refractivity contribution < 1.29 is 9.42 Å². The topological polar surface area (TPSA) is 112 Å². The summed E-state index contributed by atoms with van der Waals surface area (Å²) < 4.78 is 6.63. The molecule has 0 fully saturated rings. The number of para-hydroxylation sites is 2. The van der Waals surface area contributed by atoms with E-state index in [-0.39, 0.29) is 11.7 Å². The summed E-state index contributed by atoms with van der Waals surface area (Å²) >= 11 is 0. The Morgan fingerprint density at radius 3 is 2.28 bits per heavy atom. The van der Waals surface area contributed by atoms with Gasteiger partial charge >= 0.3 is 0 Å². The van der Waals surface area contributed by atoms with Crippen molar-refractivity contribution >= 4 is 17.4 Å². The Labute approximate surface area is 183 Å². The number of benzene rings is 3. The van der Waals surface area contributed by atoms with Crippen molar-refractivity contribution in [1.29, 1.82) is 0 Å². The van der Waals surface area contributed by atoms with Gasteiger partial charge in [-0.25, -0.2) is 9.61 Å². The molecule has 3 N–H and O–H groups in total. The minimum Gasteiger partial charge on any atom is -0.379 e. The SMILES string of the molecule is Nc1nonc1-c1nc(-c2ccccc2)cn1-c1ccccc1NC(=O)c1ccccc1. The average molecular weight is 422 g/mol. The van der Waals surface area contributed by atoms with E-state index in [1.54, 1.807) is 12.1 Å². The summed E-state index contributed by atoms with van der Waals surface area (Å²) in [6, 6.07) is 26.2. The summed E-state index contributed by atoms with van der Waals surface area (Å²) in [4.78, 5) is 17.5. The van der Waals surface area contributed by atoms with Crippen LogP contribution in [-0.2, 0) is 0 Å².